The monoisotopic (exact) mass is 213 g/mol. The number of rotatable bonds is 11. The quantitative estimate of drug-likeness (QED) is 0.497. The summed E-state index contributed by atoms with van der Waals surface area (Å²) in [5, 5.41) is 0. The van der Waals surface area contributed by atoms with Crippen molar-refractivity contribution in [1.82, 2.24) is 0 Å². The molecule has 2 N–H and O–H groups in total. The molecule has 0 aliphatic heterocycles. The molecule has 0 fully saturated rings. The Morgan fingerprint density at radius 2 is 1.07 bits per heavy atom. The summed E-state index contributed by atoms with van der Waals surface area (Å²) in [7, 11) is 0. The van der Waals surface area contributed by atoms with Gasteiger partial charge in [-0.1, -0.05) is 71.6 Å². The maximum atomic E-state index is 6.06. The topological polar surface area (TPSA) is 26.0 Å². The lowest BCUT2D eigenvalue weighted by Gasteiger charge is -2.10. The van der Waals surface area contributed by atoms with E-state index in [4.69, 9.17) is 5.73 Å². The second-order valence-corrected chi connectivity index (χ2v) is 4.81. The summed E-state index contributed by atoms with van der Waals surface area (Å²) < 4.78 is 0. The first-order valence-electron chi connectivity index (χ1n) is 7.06. The first-order valence-corrected chi connectivity index (χ1v) is 7.06. The summed E-state index contributed by atoms with van der Waals surface area (Å²) in [6.07, 6.45) is 14.8. The summed E-state index contributed by atoms with van der Waals surface area (Å²) in [6.45, 7) is 4.52. The Morgan fingerprint density at radius 3 is 1.67 bits per heavy atom. The van der Waals surface area contributed by atoms with E-state index in [0.717, 1.165) is 0 Å². The van der Waals surface area contributed by atoms with Gasteiger partial charge in [0, 0.05) is 6.04 Å². The van der Waals surface area contributed by atoms with Crippen LogP contribution in [0.5, 0.6) is 0 Å². The molecule has 0 amide bonds. The van der Waals surface area contributed by atoms with Crippen LogP contribution in [0.4, 0.5) is 0 Å². The van der Waals surface area contributed by atoms with Crippen molar-refractivity contribution in [3.63, 3.8) is 0 Å². The van der Waals surface area contributed by atoms with Crippen LogP contribution in [0.25, 0.3) is 0 Å². The van der Waals surface area contributed by atoms with Crippen molar-refractivity contribution in [3.05, 3.63) is 0 Å². The van der Waals surface area contributed by atoms with Gasteiger partial charge >= 0.3 is 0 Å². The highest BCUT2D eigenvalue weighted by molar-refractivity contribution is 4.61. The first kappa shape index (κ1) is 15.0. The smallest absolute Gasteiger partial charge is 0.00388 e. The second-order valence-electron chi connectivity index (χ2n) is 4.81. The minimum Gasteiger partial charge on any atom is -0.328 e. The lowest BCUT2D eigenvalue weighted by Crippen LogP contribution is -2.19. The first-order chi connectivity index (χ1) is 7.31. The van der Waals surface area contributed by atoms with E-state index in [1.807, 2.05) is 0 Å². The molecule has 0 saturated carbocycles. The summed E-state index contributed by atoms with van der Waals surface area (Å²) in [4.78, 5) is 0. The van der Waals surface area contributed by atoms with Crippen LogP contribution in [0.2, 0.25) is 0 Å². The minimum absolute atomic E-state index is 0.475. The number of hydrogen-bond acceptors (Lipinski definition) is 1. The van der Waals surface area contributed by atoms with Gasteiger partial charge in [-0.25, -0.2) is 0 Å². The zero-order valence-corrected chi connectivity index (χ0v) is 10.9. The highest BCUT2D eigenvalue weighted by Gasteiger charge is 2.01. The summed E-state index contributed by atoms with van der Waals surface area (Å²) in [5.41, 5.74) is 6.06. The fraction of sp³-hybridized carbons (Fsp3) is 1.00. The van der Waals surface area contributed by atoms with E-state index in [2.05, 4.69) is 13.8 Å². The summed E-state index contributed by atoms with van der Waals surface area (Å²) in [5.74, 6) is 0. The largest absolute Gasteiger partial charge is 0.328 e. The molecule has 0 bridgehead atoms. The van der Waals surface area contributed by atoms with Gasteiger partial charge in [-0.15, -0.1) is 0 Å². The molecule has 0 aromatic carbocycles. The average Bonchev–Trinajstić information content (AvgIpc) is 2.23. The van der Waals surface area contributed by atoms with Crippen molar-refractivity contribution < 1.29 is 0 Å². The molecule has 1 heteroatoms. The van der Waals surface area contributed by atoms with Gasteiger partial charge < -0.3 is 5.73 Å². The van der Waals surface area contributed by atoms with E-state index in [0.29, 0.717) is 6.04 Å². The third kappa shape index (κ3) is 11.9. The number of nitrogens with two attached hydrogens (primary N) is 1. The molecule has 92 valence electrons. The lowest BCUT2D eigenvalue weighted by molar-refractivity contribution is 0.492. The van der Waals surface area contributed by atoms with Crippen LogP contribution in [0, 0.1) is 0 Å². The maximum absolute atomic E-state index is 6.06. The Hall–Kier alpha value is -0.0400. The van der Waals surface area contributed by atoms with Crippen molar-refractivity contribution in [2.24, 2.45) is 5.73 Å². The van der Waals surface area contributed by atoms with Crippen molar-refractivity contribution in [2.45, 2.75) is 90.5 Å². The number of hydrogen-bond donors (Lipinski definition) is 1. The Kier molecular flexibility index (Phi) is 12.0. The van der Waals surface area contributed by atoms with Gasteiger partial charge in [0.1, 0.15) is 0 Å². The fourth-order valence-electron chi connectivity index (χ4n) is 1.99. The van der Waals surface area contributed by atoms with E-state index >= 15 is 0 Å². The van der Waals surface area contributed by atoms with Crippen LogP contribution >= 0.6 is 0 Å². The molecular formula is C14H31N. The van der Waals surface area contributed by atoms with E-state index < -0.39 is 0 Å². The van der Waals surface area contributed by atoms with Gasteiger partial charge in [0.15, 0.2) is 0 Å². The van der Waals surface area contributed by atoms with Gasteiger partial charge in [0.25, 0.3) is 0 Å². The fourth-order valence-corrected chi connectivity index (χ4v) is 1.99. The molecule has 0 aromatic rings. The molecule has 0 heterocycles. The molecule has 0 rings (SSSR count). The predicted octanol–water partition coefficient (Wildman–Crippen LogP) is 4.64. The van der Waals surface area contributed by atoms with E-state index in [1.165, 1.54) is 70.6 Å². The van der Waals surface area contributed by atoms with Gasteiger partial charge in [-0.2, -0.15) is 0 Å². The third-order valence-electron chi connectivity index (χ3n) is 3.11. The predicted molar refractivity (Wildman–Crippen MR) is 70.1 cm³/mol. The summed E-state index contributed by atoms with van der Waals surface area (Å²) >= 11 is 0. The lowest BCUT2D eigenvalue weighted by atomic mass is 10.0. The molecule has 0 aromatic heterocycles. The van der Waals surface area contributed by atoms with Crippen LogP contribution in [0.3, 0.4) is 0 Å². The van der Waals surface area contributed by atoms with Gasteiger partial charge in [-0.05, 0) is 12.8 Å². The Bertz CT molecular complexity index is 112. The molecule has 0 radical (unpaired) electrons. The molecule has 1 nitrogen and oxygen atoms in total. The SMILES string of the molecule is CCCCCCCCC(N)CCCCC. The van der Waals surface area contributed by atoms with Gasteiger partial charge in [0.2, 0.25) is 0 Å². The third-order valence-corrected chi connectivity index (χ3v) is 3.11. The Labute approximate surface area is 96.8 Å². The normalized spacial score (nSPS) is 13.0. The zero-order valence-electron chi connectivity index (χ0n) is 10.9. The maximum Gasteiger partial charge on any atom is 0.00388 e. The zero-order chi connectivity index (χ0) is 11.4. The highest BCUT2D eigenvalue weighted by atomic mass is 14.6. The van der Waals surface area contributed by atoms with Crippen molar-refractivity contribution in [2.75, 3.05) is 0 Å². The molecule has 1 atom stereocenters. The van der Waals surface area contributed by atoms with Crippen LogP contribution < -0.4 is 5.73 Å². The van der Waals surface area contributed by atoms with Gasteiger partial charge in [0.05, 0.1) is 0 Å². The van der Waals surface area contributed by atoms with Crippen LogP contribution in [0.15, 0.2) is 0 Å². The average molecular weight is 213 g/mol. The molecule has 0 saturated heterocycles. The van der Waals surface area contributed by atoms with Crippen LogP contribution in [-0.4, -0.2) is 6.04 Å². The van der Waals surface area contributed by atoms with E-state index in [9.17, 15) is 0 Å². The highest BCUT2D eigenvalue weighted by Crippen LogP contribution is 2.11. The Balaban J connectivity index is 3.06. The second kappa shape index (κ2) is 12.0. The standard InChI is InChI=1S/C14H31N/c1-3-5-7-8-9-11-13-14(15)12-10-6-4-2/h14H,3-13,15H2,1-2H3. The minimum atomic E-state index is 0.475. The molecule has 0 aliphatic carbocycles. The number of unbranched alkanes of at least 4 members (excludes halogenated alkanes) is 7. The van der Waals surface area contributed by atoms with Crippen LogP contribution in [0.1, 0.15) is 84.5 Å². The molecular weight excluding hydrogens is 182 g/mol. The van der Waals surface area contributed by atoms with E-state index in [1.54, 1.807) is 0 Å². The van der Waals surface area contributed by atoms with Crippen molar-refractivity contribution in [1.29, 1.82) is 0 Å². The Morgan fingerprint density at radius 1 is 0.667 bits per heavy atom. The molecule has 0 aliphatic rings. The van der Waals surface area contributed by atoms with Crippen molar-refractivity contribution in [3.8, 4) is 0 Å². The molecule has 0 spiro atoms. The molecule has 1 unspecified atom stereocenters. The summed E-state index contributed by atoms with van der Waals surface area (Å²) in [6, 6.07) is 0.475. The van der Waals surface area contributed by atoms with Gasteiger partial charge in [-0.3, -0.25) is 0 Å². The molecule has 15 heavy (non-hydrogen) atoms. The van der Waals surface area contributed by atoms with Crippen molar-refractivity contribution >= 4 is 0 Å². The van der Waals surface area contributed by atoms with Crippen LogP contribution in [-0.2, 0) is 0 Å². The van der Waals surface area contributed by atoms with E-state index in [-0.39, 0.29) is 0 Å².